The van der Waals surface area contributed by atoms with Crippen molar-refractivity contribution in [2.75, 3.05) is 6.54 Å². The Kier molecular flexibility index (Phi) is 3.55. The lowest BCUT2D eigenvalue weighted by molar-refractivity contribution is -0.128. The van der Waals surface area contributed by atoms with Gasteiger partial charge in [0.15, 0.2) is 0 Å². The summed E-state index contributed by atoms with van der Waals surface area (Å²) in [5.74, 6) is 0.603. The third-order valence-electron chi connectivity index (χ3n) is 3.98. The van der Waals surface area contributed by atoms with E-state index < -0.39 is 0 Å². The van der Waals surface area contributed by atoms with Crippen LogP contribution in [-0.4, -0.2) is 17.4 Å². The van der Waals surface area contributed by atoms with Crippen LogP contribution in [0.25, 0.3) is 0 Å². The highest BCUT2D eigenvalue weighted by Gasteiger charge is 2.30. The fourth-order valence-electron chi connectivity index (χ4n) is 2.79. The normalized spacial score (nSPS) is 18.6. The molecule has 0 aliphatic carbocycles. The topological polar surface area (TPSA) is 20.3 Å². The molecule has 1 heterocycles. The molecule has 2 heteroatoms. The second-order valence-electron chi connectivity index (χ2n) is 5.57. The minimum Gasteiger partial charge on any atom is -0.338 e. The third kappa shape index (κ3) is 2.74. The molecule has 3 rings (SSSR count). The van der Waals surface area contributed by atoms with E-state index in [1.165, 1.54) is 16.7 Å². The molecule has 102 valence electrons. The van der Waals surface area contributed by atoms with Crippen molar-refractivity contribution >= 4 is 5.91 Å². The van der Waals surface area contributed by atoms with Crippen LogP contribution in [0, 0.1) is 6.92 Å². The fourth-order valence-corrected chi connectivity index (χ4v) is 2.79. The number of benzene rings is 2. The number of carbonyl (C=O) groups is 1. The predicted octanol–water partition coefficient (Wildman–Crippen LogP) is 3.51. The molecule has 1 amide bonds. The van der Waals surface area contributed by atoms with Gasteiger partial charge < -0.3 is 4.90 Å². The first-order valence-electron chi connectivity index (χ1n) is 7.10. The van der Waals surface area contributed by atoms with E-state index >= 15 is 0 Å². The summed E-state index contributed by atoms with van der Waals surface area (Å²) < 4.78 is 0. The maximum atomic E-state index is 12.2. The van der Waals surface area contributed by atoms with E-state index in [2.05, 4.69) is 43.3 Å². The zero-order chi connectivity index (χ0) is 13.9. The van der Waals surface area contributed by atoms with E-state index in [-0.39, 0.29) is 5.91 Å². The van der Waals surface area contributed by atoms with Crippen molar-refractivity contribution in [3.63, 3.8) is 0 Å². The van der Waals surface area contributed by atoms with Crippen LogP contribution in [0.5, 0.6) is 0 Å². The monoisotopic (exact) mass is 265 g/mol. The van der Waals surface area contributed by atoms with Gasteiger partial charge in [-0.1, -0.05) is 60.2 Å². The van der Waals surface area contributed by atoms with Crippen molar-refractivity contribution < 1.29 is 4.79 Å². The first-order chi connectivity index (χ1) is 9.72. The van der Waals surface area contributed by atoms with E-state index in [0.29, 0.717) is 12.3 Å². The van der Waals surface area contributed by atoms with E-state index in [0.717, 1.165) is 13.1 Å². The Bertz CT molecular complexity index is 589. The molecule has 1 aliphatic heterocycles. The smallest absolute Gasteiger partial charge is 0.223 e. The Labute approximate surface area is 120 Å². The van der Waals surface area contributed by atoms with Crippen LogP contribution in [0.3, 0.4) is 0 Å². The van der Waals surface area contributed by atoms with Crippen molar-refractivity contribution in [3.8, 4) is 0 Å². The van der Waals surface area contributed by atoms with Crippen molar-refractivity contribution in [1.82, 2.24) is 4.90 Å². The largest absolute Gasteiger partial charge is 0.338 e. The van der Waals surface area contributed by atoms with Crippen LogP contribution in [0.1, 0.15) is 29.0 Å². The summed E-state index contributed by atoms with van der Waals surface area (Å²) >= 11 is 0. The maximum Gasteiger partial charge on any atom is 0.223 e. The Morgan fingerprint density at radius 2 is 1.75 bits per heavy atom. The molecule has 20 heavy (non-hydrogen) atoms. The minimum atomic E-state index is 0.263. The molecule has 1 saturated heterocycles. The average Bonchev–Trinajstić information content (AvgIpc) is 2.82. The van der Waals surface area contributed by atoms with Crippen LogP contribution in [0.4, 0.5) is 0 Å². The maximum absolute atomic E-state index is 12.2. The Morgan fingerprint density at radius 1 is 1.05 bits per heavy atom. The Morgan fingerprint density at radius 3 is 2.45 bits per heavy atom. The number of carbonyl (C=O) groups excluding carboxylic acids is 1. The quantitative estimate of drug-likeness (QED) is 0.831. The highest BCUT2D eigenvalue weighted by Crippen LogP contribution is 2.29. The Balaban J connectivity index is 1.70. The van der Waals surface area contributed by atoms with E-state index in [4.69, 9.17) is 0 Å². The van der Waals surface area contributed by atoms with Gasteiger partial charge in [0.25, 0.3) is 0 Å². The van der Waals surface area contributed by atoms with Crippen LogP contribution >= 0.6 is 0 Å². The van der Waals surface area contributed by atoms with Gasteiger partial charge in [-0.3, -0.25) is 4.79 Å². The van der Waals surface area contributed by atoms with Gasteiger partial charge in [-0.15, -0.1) is 0 Å². The van der Waals surface area contributed by atoms with Crippen LogP contribution < -0.4 is 0 Å². The molecular formula is C18H19NO. The second kappa shape index (κ2) is 5.49. The average molecular weight is 265 g/mol. The summed E-state index contributed by atoms with van der Waals surface area (Å²) in [6, 6.07) is 18.8. The molecule has 0 saturated carbocycles. The molecule has 0 spiro atoms. The van der Waals surface area contributed by atoms with Crippen LogP contribution in [0.2, 0.25) is 0 Å². The first kappa shape index (κ1) is 12.9. The molecule has 1 aliphatic rings. The van der Waals surface area contributed by atoms with Crippen molar-refractivity contribution in [3.05, 3.63) is 71.3 Å². The predicted molar refractivity (Wildman–Crippen MR) is 80.4 cm³/mol. The van der Waals surface area contributed by atoms with Crippen LogP contribution in [-0.2, 0) is 11.3 Å². The van der Waals surface area contributed by atoms with Gasteiger partial charge in [-0.05, 0) is 18.1 Å². The molecule has 0 aromatic heterocycles. The molecular weight excluding hydrogens is 246 g/mol. The van der Waals surface area contributed by atoms with E-state index in [9.17, 15) is 4.79 Å². The minimum absolute atomic E-state index is 0.263. The van der Waals surface area contributed by atoms with Gasteiger partial charge in [0.2, 0.25) is 5.91 Å². The molecule has 2 aromatic rings. The van der Waals surface area contributed by atoms with E-state index in [1.807, 2.05) is 23.1 Å². The lowest BCUT2D eigenvalue weighted by Crippen LogP contribution is -2.24. The van der Waals surface area contributed by atoms with Crippen molar-refractivity contribution in [1.29, 1.82) is 0 Å². The SMILES string of the molecule is Cc1ccc(C2CC(=O)N(Cc3ccccc3)C2)cc1. The standard InChI is InChI=1S/C18H19NO/c1-14-7-9-16(10-8-14)17-11-18(20)19(13-17)12-15-5-3-2-4-6-15/h2-10,17H,11-13H2,1H3. The molecule has 2 nitrogen and oxygen atoms in total. The van der Waals surface area contributed by atoms with Gasteiger partial charge in [0, 0.05) is 25.4 Å². The summed E-state index contributed by atoms with van der Waals surface area (Å²) in [6.45, 7) is 3.64. The summed E-state index contributed by atoms with van der Waals surface area (Å²) in [5.41, 5.74) is 3.74. The lowest BCUT2D eigenvalue weighted by Gasteiger charge is -2.17. The number of aryl methyl sites for hydroxylation is 1. The van der Waals surface area contributed by atoms with Crippen molar-refractivity contribution in [2.45, 2.75) is 25.8 Å². The highest BCUT2D eigenvalue weighted by atomic mass is 16.2. The summed E-state index contributed by atoms with van der Waals surface area (Å²) in [4.78, 5) is 14.1. The van der Waals surface area contributed by atoms with Gasteiger partial charge in [0.05, 0.1) is 0 Å². The number of likely N-dealkylation sites (tertiary alicyclic amines) is 1. The summed E-state index contributed by atoms with van der Waals surface area (Å²) in [5, 5.41) is 0. The zero-order valence-electron chi connectivity index (χ0n) is 11.8. The lowest BCUT2D eigenvalue weighted by atomic mass is 9.97. The summed E-state index contributed by atoms with van der Waals surface area (Å²) in [6.07, 6.45) is 0.635. The highest BCUT2D eigenvalue weighted by molar-refractivity contribution is 5.79. The molecule has 1 atom stereocenters. The number of amides is 1. The summed E-state index contributed by atoms with van der Waals surface area (Å²) in [7, 11) is 0. The Hall–Kier alpha value is -2.09. The van der Waals surface area contributed by atoms with Gasteiger partial charge in [-0.2, -0.15) is 0 Å². The third-order valence-corrected chi connectivity index (χ3v) is 3.98. The van der Waals surface area contributed by atoms with Gasteiger partial charge >= 0.3 is 0 Å². The number of nitrogens with zero attached hydrogens (tertiary/aromatic N) is 1. The van der Waals surface area contributed by atoms with E-state index in [1.54, 1.807) is 0 Å². The number of hydrogen-bond donors (Lipinski definition) is 0. The van der Waals surface area contributed by atoms with Gasteiger partial charge in [-0.25, -0.2) is 0 Å². The fraction of sp³-hybridized carbons (Fsp3) is 0.278. The molecule has 0 bridgehead atoms. The molecule has 1 unspecified atom stereocenters. The van der Waals surface area contributed by atoms with Gasteiger partial charge in [0.1, 0.15) is 0 Å². The first-order valence-corrected chi connectivity index (χ1v) is 7.10. The number of hydrogen-bond acceptors (Lipinski definition) is 1. The molecule has 0 radical (unpaired) electrons. The molecule has 2 aromatic carbocycles. The van der Waals surface area contributed by atoms with Crippen LogP contribution in [0.15, 0.2) is 54.6 Å². The number of rotatable bonds is 3. The van der Waals surface area contributed by atoms with Crippen molar-refractivity contribution in [2.24, 2.45) is 0 Å². The zero-order valence-corrected chi connectivity index (χ0v) is 11.8. The molecule has 1 fully saturated rings. The second-order valence-corrected chi connectivity index (χ2v) is 5.57. The molecule has 0 N–H and O–H groups in total.